The highest BCUT2D eigenvalue weighted by molar-refractivity contribution is 5.83. The molecular formula is C13H15FN2O2. The van der Waals surface area contributed by atoms with Gasteiger partial charge >= 0.3 is 6.09 Å². The summed E-state index contributed by atoms with van der Waals surface area (Å²) < 4.78 is 17.9. The Kier molecular flexibility index (Phi) is 3.82. The number of rotatable bonds is 4. The number of carbonyl (C=O) groups is 1. The Morgan fingerprint density at radius 2 is 2.33 bits per heavy atom. The van der Waals surface area contributed by atoms with Crippen molar-refractivity contribution in [2.45, 2.75) is 13.3 Å². The standard InChI is InChI=1S/C13H15FN2O2/c1-2-18-13(17)15-6-5-9-8-16-12-4-3-10(14)7-11(9)12/h3-4,7-8,16H,2,5-6H2,1H3,(H,15,17). The van der Waals surface area contributed by atoms with Crippen LogP contribution in [0.5, 0.6) is 0 Å². The van der Waals surface area contributed by atoms with Crippen LogP contribution >= 0.6 is 0 Å². The van der Waals surface area contributed by atoms with E-state index >= 15 is 0 Å². The molecule has 0 radical (unpaired) electrons. The fraction of sp³-hybridized carbons (Fsp3) is 0.308. The Labute approximate surface area is 104 Å². The minimum atomic E-state index is -0.427. The number of amides is 1. The number of carbonyl (C=O) groups excluding carboxylic acids is 1. The monoisotopic (exact) mass is 250 g/mol. The molecule has 1 aromatic carbocycles. The normalized spacial score (nSPS) is 10.6. The van der Waals surface area contributed by atoms with Crippen molar-refractivity contribution in [2.75, 3.05) is 13.2 Å². The number of hydrogen-bond donors (Lipinski definition) is 2. The van der Waals surface area contributed by atoms with Crippen molar-refractivity contribution < 1.29 is 13.9 Å². The van der Waals surface area contributed by atoms with E-state index in [1.165, 1.54) is 12.1 Å². The molecule has 2 N–H and O–H groups in total. The first-order chi connectivity index (χ1) is 8.70. The molecule has 18 heavy (non-hydrogen) atoms. The smallest absolute Gasteiger partial charge is 0.407 e. The first-order valence-electron chi connectivity index (χ1n) is 5.87. The van der Waals surface area contributed by atoms with Crippen molar-refractivity contribution in [1.82, 2.24) is 10.3 Å². The molecule has 96 valence electrons. The number of H-pyrrole nitrogens is 1. The Morgan fingerprint density at radius 3 is 3.11 bits per heavy atom. The van der Waals surface area contributed by atoms with E-state index in [4.69, 9.17) is 4.74 Å². The summed E-state index contributed by atoms with van der Waals surface area (Å²) in [4.78, 5) is 14.2. The molecule has 0 fully saturated rings. The van der Waals surface area contributed by atoms with Gasteiger partial charge in [0.15, 0.2) is 0 Å². The molecule has 0 aliphatic rings. The van der Waals surface area contributed by atoms with Crippen molar-refractivity contribution in [3.63, 3.8) is 0 Å². The predicted molar refractivity (Wildman–Crippen MR) is 67.0 cm³/mol. The number of alkyl carbamates (subject to hydrolysis) is 1. The van der Waals surface area contributed by atoms with E-state index in [2.05, 4.69) is 10.3 Å². The van der Waals surface area contributed by atoms with Gasteiger partial charge in [-0.2, -0.15) is 0 Å². The van der Waals surface area contributed by atoms with Crippen molar-refractivity contribution in [1.29, 1.82) is 0 Å². The minimum absolute atomic E-state index is 0.262. The molecule has 0 spiro atoms. The van der Waals surface area contributed by atoms with Gasteiger partial charge in [-0.25, -0.2) is 9.18 Å². The van der Waals surface area contributed by atoms with Crippen LogP contribution < -0.4 is 5.32 Å². The summed E-state index contributed by atoms with van der Waals surface area (Å²) in [7, 11) is 0. The highest BCUT2D eigenvalue weighted by atomic mass is 19.1. The molecule has 0 saturated carbocycles. The van der Waals surface area contributed by atoms with Crippen LogP contribution in [0, 0.1) is 5.82 Å². The second-order valence-corrected chi connectivity index (χ2v) is 3.90. The Morgan fingerprint density at radius 1 is 1.50 bits per heavy atom. The predicted octanol–water partition coefficient (Wildman–Crippen LogP) is 2.60. The SMILES string of the molecule is CCOC(=O)NCCc1c[nH]c2ccc(F)cc12. The van der Waals surface area contributed by atoms with Crippen LogP contribution in [0.3, 0.4) is 0 Å². The van der Waals surface area contributed by atoms with Crippen molar-refractivity contribution >= 4 is 17.0 Å². The van der Waals surface area contributed by atoms with Gasteiger partial charge in [0.1, 0.15) is 5.82 Å². The zero-order chi connectivity index (χ0) is 13.0. The first-order valence-corrected chi connectivity index (χ1v) is 5.87. The Balaban J connectivity index is 1.99. The van der Waals surface area contributed by atoms with E-state index in [-0.39, 0.29) is 5.82 Å². The summed E-state index contributed by atoms with van der Waals surface area (Å²) in [5.41, 5.74) is 1.86. The average Bonchev–Trinajstić information content (AvgIpc) is 2.72. The molecule has 0 unspecified atom stereocenters. The molecule has 0 bridgehead atoms. The maximum Gasteiger partial charge on any atom is 0.407 e. The van der Waals surface area contributed by atoms with Gasteiger partial charge < -0.3 is 15.0 Å². The van der Waals surface area contributed by atoms with E-state index in [1.807, 2.05) is 6.20 Å². The highest BCUT2D eigenvalue weighted by Gasteiger charge is 2.06. The van der Waals surface area contributed by atoms with E-state index in [0.29, 0.717) is 19.6 Å². The second-order valence-electron chi connectivity index (χ2n) is 3.90. The van der Waals surface area contributed by atoms with Crippen LogP contribution in [0.1, 0.15) is 12.5 Å². The Bertz CT molecular complexity index is 551. The third-order valence-electron chi connectivity index (χ3n) is 2.67. The Hall–Kier alpha value is -2.04. The molecule has 4 nitrogen and oxygen atoms in total. The van der Waals surface area contributed by atoms with E-state index in [0.717, 1.165) is 16.5 Å². The lowest BCUT2D eigenvalue weighted by molar-refractivity contribution is 0.152. The van der Waals surface area contributed by atoms with E-state index in [1.54, 1.807) is 13.0 Å². The molecule has 1 aromatic heterocycles. The number of aromatic nitrogens is 1. The van der Waals surface area contributed by atoms with Gasteiger partial charge in [-0.15, -0.1) is 0 Å². The van der Waals surface area contributed by atoms with Crippen LogP contribution in [0.2, 0.25) is 0 Å². The summed E-state index contributed by atoms with van der Waals surface area (Å²) in [6.07, 6.45) is 2.03. The summed E-state index contributed by atoms with van der Waals surface area (Å²) in [5.74, 6) is -0.262. The molecule has 2 aromatic rings. The molecule has 0 saturated heterocycles. The van der Waals surface area contributed by atoms with Gasteiger partial charge in [0.05, 0.1) is 6.61 Å². The lowest BCUT2D eigenvalue weighted by atomic mass is 10.1. The minimum Gasteiger partial charge on any atom is -0.450 e. The van der Waals surface area contributed by atoms with Gasteiger partial charge in [0, 0.05) is 23.6 Å². The van der Waals surface area contributed by atoms with Crippen molar-refractivity contribution in [3.05, 3.63) is 35.8 Å². The molecule has 0 aliphatic heterocycles. The maximum atomic E-state index is 13.1. The fourth-order valence-corrected chi connectivity index (χ4v) is 1.84. The quantitative estimate of drug-likeness (QED) is 0.876. The second kappa shape index (κ2) is 5.53. The summed E-state index contributed by atoms with van der Waals surface area (Å²) in [5, 5.41) is 3.48. The number of nitrogens with one attached hydrogen (secondary N) is 2. The number of aromatic amines is 1. The summed E-state index contributed by atoms with van der Waals surface area (Å²) in [6.45, 7) is 2.56. The number of benzene rings is 1. The molecule has 2 rings (SSSR count). The maximum absolute atomic E-state index is 13.1. The van der Waals surface area contributed by atoms with Gasteiger partial charge in [0.2, 0.25) is 0 Å². The zero-order valence-electron chi connectivity index (χ0n) is 10.1. The molecular weight excluding hydrogens is 235 g/mol. The lowest BCUT2D eigenvalue weighted by Crippen LogP contribution is -2.26. The largest absolute Gasteiger partial charge is 0.450 e. The van der Waals surface area contributed by atoms with Gasteiger partial charge in [0.25, 0.3) is 0 Å². The fourth-order valence-electron chi connectivity index (χ4n) is 1.84. The molecule has 0 atom stereocenters. The van der Waals surface area contributed by atoms with E-state index < -0.39 is 6.09 Å². The number of halogens is 1. The molecule has 1 amide bonds. The zero-order valence-corrected chi connectivity index (χ0v) is 10.1. The summed E-state index contributed by atoms with van der Waals surface area (Å²) >= 11 is 0. The molecule has 0 aliphatic carbocycles. The van der Waals surface area contributed by atoms with Crippen LogP contribution in [0.15, 0.2) is 24.4 Å². The number of ether oxygens (including phenoxy) is 1. The van der Waals surface area contributed by atoms with Crippen molar-refractivity contribution in [3.8, 4) is 0 Å². The average molecular weight is 250 g/mol. The topological polar surface area (TPSA) is 54.1 Å². The number of hydrogen-bond acceptors (Lipinski definition) is 2. The van der Waals surface area contributed by atoms with Gasteiger partial charge in [-0.3, -0.25) is 0 Å². The van der Waals surface area contributed by atoms with Crippen LogP contribution in [-0.4, -0.2) is 24.2 Å². The van der Waals surface area contributed by atoms with Crippen LogP contribution in [-0.2, 0) is 11.2 Å². The summed E-state index contributed by atoms with van der Waals surface area (Å²) in [6, 6.07) is 4.61. The third kappa shape index (κ3) is 2.80. The van der Waals surface area contributed by atoms with Crippen molar-refractivity contribution in [2.24, 2.45) is 0 Å². The highest BCUT2D eigenvalue weighted by Crippen LogP contribution is 2.19. The first kappa shape index (κ1) is 12.4. The lowest BCUT2D eigenvalue weighted by Gasteiger charge is -2.04. The number of fused-ring (bicyclic) bond motifs is 1. The molecule has 1 heterocycles. The molecule has 5 heteroatoms. The van der Waals surface area contributed by atoms with E-state index in [9.17, 15) is 9.18 Å². The van der Waals surface area contributed by atoms with Crippen LogP contribution in [0.25, 0.3) is 10.9 Å². The third-order valence-corrected chi connectivity index (χ3v) is 2.67. The van der Waals surface area contributed by atoms with Gasteiger partial charge in [-0.1, -0.05) is 0 Å². The van der Waals surface area contributed by atoms with Crippen LogP contribution in [0.4, 0.5) is 9.18 Å². The van der Waals surface area contributed by atoms with Gasteiger partial charge in [-0.05, 0) is 37.1 Å².